The summed E-state index contributed by atoms with van der Waals surface area (Å²) in [5.74, 6) is -0.336. The van der Waals surface area contributed by atoms with Crippen molar-refractivity contribution in [2.24, 2.45) is 0 Å². The standard InChI is InChI=1S/C20H16F3N3O3S2/c1-28-16-10-12(6-8-15(16)29-18(22)23)7-9-17(27)24-19-25-26-20(31-19)30-11-13-4-2-3-5-14(13)21/h2-10,18H,11H2,1H3,(H,24,25,27)/b9-7+. The van der Waals surface area contributed by atoms with E-state index in [0.717, 1.165) is 0 Å². The number of nitrogens with zero attached hydrogens (tertiary/aromatic N) is 2. The van der Waals surface area contributed by atoms with Gasteiger partial charge in [0.25, 0.3) is 0 Å². The van der Waals surface area contributed by atoms with Gasteiger partial charge in [-0.3, -0.25) is 10.1 Å². The number of nitrogens with one attached hydrogen (secondary N) is 1. The highest BCUT2D eigenvalue weighted by molar-refractivity contribution is 8.00. The predicted molar refractivity (Wildman–Crippen MR) is 113 cm³/mol. The number of methoxy groups -OCH3 is 1. The van der Waals surface area contributed by atoms with Crippen LogP contribution in [0.1, 0.15) is 11.1 Å². The van der Waals surface area contributed by atoms with Crippen molar-refractivity contribution in [3.05, 3.63) is 65.5 Å². The Labute approximate surface area is 184 Å². The number of carbonyl (C=O) groups is 1. The first-order valence-corrected chi connectivity index (χ1v) is 10.6. The molecule has 0 unspecified atom stereocenters. The number of ether oxygens (including phenoxy) is 2. The van der Waals surface area contributed by atoms with Crippen LogP contribution < -0.4 is 14.8 Å². The van der Waals surface area contributed by atoms with Crippen LogP contribution in [0.3, 0.4) is 0 Å². The Morgan fingerprint density at radius 2 is 2.03 bits per heavy atom. The highest BCUT2D eigenvalue weighted by Crippen LogP contribution is 2.30. The zero-order valence-electron chi connectivity index (χ0n) is 16.1. The molecule has 1 amide bonds. The Hall–Kier alpha value is -3.05. The second kappa shape index (κ2) is 10.8. The Morgan fingerprint density at radius 1 is 1.23 bits per heavy atom. The molecule has 162 valence electrons. The first-order valence-electron chi connectivity index (χ1n) is 8.76. The Bertz CT molecular complexity index is 1080. The summed E-state index contributed by atoms with van der Waals surface area (Å²) >= 11 is 2.48. The van der Waals surface area contributed by atoms with Crippen LogP contribution in [0.4, 0.5) is 18.3 Å². The number of benzene rings is 2. The lowest BCUT2D eigenvalue weighted by Crippen LogP contribution is -2.07. The van der Waals surface area contributed by atoms with Crippen LogP contribution in [-0.4, -0.2) is 29.8 Å². The van der Waals surface area contributed by atoms with Crippen LogP contribution in [-0.2, 0) is 10.5 Å². The minimum atomic E-state index is -2.97. The van der Waals surface area contributed by atoms with Gasteiger partial charge in [0, 0.05) is 11.8 Å². The molecule has 0 bridgehead atoms. The zero-order chi connectivity index (χ0) is 22.2. The number of thioether (sulfide) groups is 1. The molecule has 0 radical (unpaired) electrons. The van der Waals surface area contributed by atoms with Crippen molar-refractivity contribution in [1.29, 1.82) is 0 Å². The van der Waals surface area contributed by atoms with Gasteiger partial charge in [-0.15, -0.1) is 10.2 Å². The van der Waals surface area contributed by atoms with Gasteiger partial charge in [-0.2, -0.15) is 8.78 Å². The summed E-state index contributed by atoms with van der Waals surface area (Å²) in [6, 6.07) is 10.8. The molecule has 11 heteroatoms. The van der Waals surface area contributed by atoms with Gasteiger partial charge < -0.3 is 9.47 Å². The molecule has 1 heterocycles. The highest BCUT2D eigenvalue weighted by atomic mass is 32.2. The van der Waals surface area contributed by atoms with Gasteiger partial charge in [-0.25, -0.2) is 4.39 Å². The molecule has 1 N–H and O–H groups in total. The van der Waals surface area contributed by atoms with Crippen molar-refractivity contribution >= 4 is 40.2 Å². The van der Waals surface area contributed by atoms with Gasteiger partial charge in [0.15, 0.2) is 15.8 Å². The number of anilines is 1. The summed E-state index contributed by atoms with van der Waals surface area (Å²) in [5, 5.41) is 10.7. The molecular weight excluding hydrogens is 451 g/mol. The number of hydrogen-bond donors (Lipinski definition) is 1. The summed E-state index contributed by atoms with van der Waals surface area (Å²) in [7, 11) is 1.32. The van der Waals surface area contributed by atoms with E-state index in [1.165, 1.54) is 66.6 Å². The van der Waals surface area contributed by atoms with Crippen LogP contribution in [0.25, 0.3) is 6.08 Å². The average molecular weight is 467 g/mol. The number of amides is 1. The molecule has 0 aliphatic rings. The summed E-state index contributed by atoms with van der Waals surface area (Å²) in [6.07, 6.45) is 2.74. The lowest BCUT2D eigenvalue weighted by molar-refractivity contribution is -0.111. The van der Waals surface area contributed by atoms with Crippen molar-refractivity contribution in [2.75, 3.05) is 12.4 Å². The maximum Gasteiger partial charge on any atom is 0.387 e. The summed E-state index contributed by atoms with van der Waals surface area (Å²) in [6.45, 7) is -2.97. The molecule has 0 atom stereocenters. The van der Waals surface area contributed by atoms with E-state index < -0.39 is 12.5 Å². The SMILES string of the molecule is COc1cc(/C=C/C(=O)Nc2nnc(SCc3ccccc3F)s2)ccc1OC(F)F. The fourth-order valence-corrected chi connectivity index (χ4v) is 4.11. The molecule has 0 spiro atoms. The third-order valence-corrected chi connectivity index (χ3v) is 5.80. The summed E-state index contributed by atoms with van der Waals surface area (Å²) in [5.41, 5.74) is 1.10. The van der Waals surface area contributed by atoms with E-state index in [2.05, 4.69) is 20.3 Å². The van der Waals surface area contributed by atoms with Crippen molar-refractivity contribution < 1.29 is 27.4 Å². The van der Waals surface area contributed by atoms with E-state index in [1.54, 1.807) is 18.2 Å². The van der Waals surface area contributed by atoms with Gasteiger partial charge >= 0.3 is 6.61 Å². The predicted octanol–water partition coefficient (Wildman–Crippen LogP) is 5.23. The average Bonchev–Trinajstić information content (AvgIpc) is 3.19. The second-order valence-electron chi connectivity index (χ2n) is 5.86. The van der Waals surface area contributed by atoms with Crippen molar-refractivity contribution in [3.8, 4) is 11.5 Å². The molecule has 0 aliphatic heterocycles. The number of carbonyl (C=O) groups excluding carboxylic acids is 1. The van der Waals surface area contributed by atoms with Crippen LogP contribution >= 0.6 is 23.1 Å². The van der Waals surface area contributed by atoms with Gasteiger partial charge in [0.2, 0.25) is 11.0 Å². The third-order valence-electron chi connectivity index (χ3n) is 3.78. The number of rotatable bonds is 9. The van der Waals surface area contributed by atoms with Gasteiger partial charge in [0.1, 0.15) is 5.82 Å². The van der Waals surface area contributed by atoms with E-state index >= 15 is 0 Å². The molecule has 0 saturated heterocycles. The molecule has 1 aromatic heterocycles. The number of hydrogen-bond acceptors (Lipinski definition) is 7. The first kappa shape index (κ1) is 22.6. The molecule has 2 aromatic carbocycles. The molecule has 0 saturated carbocycles. The molecule has 0 aliphatic carbocycles. The lowest BCUT2D eigenvalue weighted by Gasteiger charge is -2.10. The monoisotopic (exact) mass is 467 g/mol. The normalized spacial score (nSPS) is 11.1. The molecular formula is C20H16F3N3O3S2. The van der Waals surface area contributed by atoms with E-state index in [1.807, 2.05) is 0 Å². The zero-order valence-corrected chi connectivity index (χ0v) is 17.7. The number of alkyl halides is 2. The third kappa shape index (κ3) is 6.72. The molecule has 3 aromatic rings. The molecule has 31 heavy (non-hydrogen) atoms. The van der Waals surface area contributed by atoms with Gasteiger partial charge in [0.05, 0.1) is 7.11 Å². The van der Waals surface area contributed by atoms with Crippen molar-refractivity contribution in [2.45, 2.75) is 16.7 Å². The van der Waals surface area contributed by atoms with Crippen LogP contribution in [0.5, 0.6) is 11.5 Å². The number of aromatic nitrogens is 2. The van der Waals surface area contributed by atoms with Crippen molar-refractivity contribution in [3.63, 3.8) is 0 Å². The first-order chi connectivity index (χ1) is 14.9. The van der Waals surface area contributed by atoms with Crippen LogP contribution in [0.15, 0.2) is 52.9 Å². The fraction of sp³-hybridized carbons (Fsp3) is 0.150. The Morgan fingerprint density at radius 3 is 2.77 bits per heavy atom. The smallest absolute Gasteiger partial charge is 0.387 e. The minimum Gasteiger partial charge on any atom is -0.493 e. The van der Waals surface area contributed by atoms with E-state index in [-0.39, 0.29) is 17.3 Å². The summed E-state index contributed by atoms with van der Waals surface area (Å²) in [4.78, 5) is 12.1. The maximum atomic E-state index is 13.7. The lowest BCUT2D eigenvalue weighted by atomic mass is 10.2. The highest BCUT2D eigenvalue weighted by Gasteiger charge is 2.11. The second-order valence-corrected chi connectivity index (χ2v) is 8.06. The molecule has 0 fully saturated rings. The topological polar surface area (TPSA) is 73.3 Å². The van der Waals surface area contributed by atoms with Crippen molar-refractivity contribution in [1.82, 2.24) is 10.2 Å². The maximum absolute atomic E-state index is 13.7. The van der Waals surface area contributed by atoms with E-state index in [9.17, 15) is 18.0 Å². The molecule has 3 rings (SSSR count). The quantitative estimate of drug-likeness (QED) is 0.264. The largest absolute Gasteiger partial charge is 0.493 e. The van der Waals surface area contributed by atoms with Gasteiger partial charge in [-0.1, -0.05) is 47.4 Å². The van der Waals surface area contributed by atoms with Crippen LogP contribution in [0.2, 0.25) is 0 Å². The summed E-state index contributed by atoms with van der Waals surface area (Å²) < 4.78 is 48.4. The Balaban J connectivity index is 1.56. The van der Waals surface area contributed by atoms with Gasteiger partial charge in [-0.05, 0) is 35.4 Å². The fourth-order valence-electron chi connectivity index (χ4n) is 2.37. The minimum absolute atomic E-state index is 0.103. The molecule has 6 nitrogen and oxygen atoms in total. The Kier molecular flexibility index (Phi) is 7.90. The van der Waals surface area contributed by atoms with Crippen LogP contribution in [0, 0.1) is 5.82 Å². The number of halogens is 3. The van der Waals surface area contributed by atoms with E-state index in [4.69, 9.17) is 4.74 Å². The van der Waals surface area contributed by atoms with E-state index in [0.29, 0.717) is 26.4 Å².